The summed E-state index contributed by atoms with van der Waals surface area (Å²) in [7, 11) is 0. The van der Waals surface area contributed by atoms with Gasteiger partial charge in [-0.1, -0.05) is 0 Å². The maximum absolute atomic E-state index is 11.4. The van der Waals surface area contributed by atoms with Crippen LogP contribution in [0.4, 0.5) is 0 Å². The van der Waals surface area contributed by atoms with E-state index in [-0.39, 0.29) is 23.9 Å². The van der Waals surface area contributed by atoms with Crippen molar-refractivity contribution in [3.05, 3.63) is 0 Å². The van der Waals surface area contributed by atoms with Gasteiger partial charge in [0.25, 0.3) is 0 Å². The molecule has 2 fully saturated rings. The van der Waals surface area contributed by atoms with Crippen LogP contribution >= 0.6 is 12.4 Å². The van der Waals surface area contributed by atoms with Gasteiger partial charge in [0, 0.05) is 18.6 Å². The summed E-state index contributed by atoms with van der Waals surface area (Å²) in [4.78, 5) is 13.8. The Morgan fingerprint density at radius 1 is 1.35 bits per heavy atom. The topological polar surface area (TPSA) is 44.4 Å². The lowest BCUT2D eigenvalue weighted by atomic mass is 9.93. The van der Waals surface area contributed by atoms with Gasteiger partial charge in [-0.05, 0) is 45.7 Å². The molecule has 2 aliphatic rings. The number of halogens is 1. The van der Waals surface area contributed by atoms with E-state index in [0.29, 0.717) is 6.54 Å². The molecule has 0 aromatic heterocycles. The van der Waals surface area contributed by atoms with Gasteiger partial charge in [0.15, 0.2) is 0 Å². The highest BCUT2D eigenvalue weighted by Crippen LogP contribution is 2.21. The molecular weight excluding hydrogens is 238 g/mol. The summed E-state index contributed by atoms with van der Waals surface area (Å²) in [6.07, 6.45) is 2.49. The number of piperidine rings is 1. The minimum Gasteiger partial charge on any atom is -0.353 e. The molecule has 0 unspecified atom stereocenters. The van der Waals surface area contributed by atoms with Crippen LogP contribution in [0.2, 0.25) is 0 Å². The lowest BCUT2D eigenvalue weighted by molar-refractivity contribution is -0.128. The summed E-state index contributed by atoms with van der Waals surface area (Å²) < 4.78 is 0. The van der Waals surface area contributed by atoms with Crippen molar-refractivity contribution in [2.45, 2.75) is 32.2 Å². The molecular formula is C12H24ClN3O. The van der Waals surface area contributed by atoms with Crippen LogP contribution in [0.15, 0.2) is 0 Å². The molecule has 2 aliphatic heterocycles. The molecule has 1 amide bonds. The first kappa shape index (κ1) is 14.7. The van der Waals surface area contributed by atoms with E-state index in [4.69, 9.17) is 0 Å². The predicted molar refractivity (Wildman–Crippen MR) is 71.5 cm³/mol. The normalized spacial score (nSPS) is 26.1. The van der Waals surface area contributed by atoms with Gasteiger partial charge in [-0.15, -0.1) is 12.4 Å². The quantitative estimate of drug-likeness (QED) is 0.766. The molecule has 0 aliphatic carbocycles. The number of hydrogen-bond acceptors (Lipinski definition) is 3. The predicted octanol–water partition coefficient (Wildman–Crippen LogP) is 0.618. The molecule has 2 heterocycles. The monoisotopic (exact) mass is 261 g/mol. The van der Waals surface area contributed by atoms with E-state index in [1.807, 2.05) is 0 Å². The summed E-state index contributed by atoms with van der Waals surface area (Å²) in [6, 6.07) is 0. The van der Waals surface area contributed by atoms with Gasteiger partial charge in [-0.2, -0.15) is 0 Å². The van der Waals surface area contributed by atoms with Gasteiger partial charge in [-0.25, -0.2) is 0 Å². The number of carbonyl (C=O) groups excluding carboxylic acids is 1. The molecule has 0 atom stereocenters. The molecule has 0 radical (unpaired) electrons. The van der Waals surface area contributed by atoms with Crippen molar-refractivity contribution in [1.29, 1.82) is 0 Å². The molecule has 0 aromatic rings. The van der Waals surface area contributed by atoms with E-state index in [0.717, 1.165) is 32.1 Å². The zero-order valence-corrected chi connectivity index (χ0v) is 11.6. The van der Waals surface area contributed by atoms with E-state index in [1.165, 1.54) is 12.8 Å². The van der Waals surface area contributed by atoms with Gasteiger partial charge >= 0.3 is 0 Å². The molecule has 17 heavy (non-hydrogen) atoms. The first-order valence-corrected chi connectivity index (χ1v) is 6.30. The van der Waals surface area contributed by atoms with Gasteiger partial charge in [0.2, 0.25) is 5.91 Å². The molecule has 5 heteroatoms. The van der Waals surface area contributed by atoms with Crippen LogP contribution in [0.1, 0.15) is 26.7 Å². The summed E-state index contributed by atoms with van der Waals surface area (Å²) in [5.41, 5.74) is 0.110. The Hall–Kier alpha value is -0.320. The number of amides is 1. The van der Waals surface area contributed by atoms with Gasteiger partial charge < -0.3 is 10.6 Å². The first-order chi connectivity index (χ1) is 7.58. The number of piperazine rings is 1. The first-order valence-electron chi connectivity index (χ1n) is 6.30. The van der Waals surface area contributed by atoms with Crippen LogP contribution in [-0.4, -0.2) is 49.1 Å². The Morgan fingerprint density at radius 3 is 2.65 bits per heavy atom. The lowest BCUT2D eigenvalue weighted by Crippen LogP contribution is -2.61. The minimum atomic E-state index is 0. The van der Waals surface area contributed by atoms with Crippen LogP contribution in [0.3, 0.4) is 0 Å². The highest BCUT2D eigenvalue weighted by Gasteiger charge is 2.34. The maximum atomic E-state index is 11.4. The largest absolute Gasteiger partial charge is 0.353 e. The van der Waals surface area contributed by atoms with Gasteiger partial charge in [0.05, 0.1) is 6.54 Å². The van der Waals surface area contributed by atoms with Gasteiger partial charge in [0.1, 0.15) is 0 Å². The highest BCUT2D eigenvalue weighted by molar-refractivity contribution is 5.85. The standard InChI is InChI=1S/C12H23N3O.ClH/c1-12(2)9-14-11(16)8-15(12)7-10-3-5-13-6-4-10;/h10,13H,3-9H2,1-2H3,(H,14,16);1H. The van der Waals surface area contributed by atoms with E-state index in [9.17, 15) is 4.79 Å². The Bertz CT molecular complexity index is 264. The third-order valence-electron chi connectivity index (χ3n) is 3.85. The number of rotatable bonds is 2. The average Bonchev–Trinajstić information content (AvgIpc) is 2.26. The number of nitrogens with one attached hydrogen (secondary N) is 2. The molecule has 2 N–H and O–H groups in total. The van der Waals surface area contributed by atoms with E-state index >= 15 is 0 Å². The Balaban J connectivity index is 0.00000144. The van der Waals surface area contributed by atoms with Crippen molar-refractivity contribution in [2.24, 2.45) is 5.92 Å². The van der Waals surface area contributed by atoms with Crippen molar-refractivity contribution >= 4 is 18.3 Å². The second-order valence-electron chi connectivity index (χ2n) is 5.66. The number of nitrogens with zero attached hydrogens (tertiary/aromatic N) is 1. The molecule has 4 nitrogen and oxygen atoms in total. The summed E-state index contributed by atoms with van der Waals surface area (Å²) in [5.74, 6) is 0.930. The van der Waals surface area contributed by atoms with E-state index < -0.39 is 0 Å². The summed E-state index contributed by atoms with van der Waals surface area (Å²) in [6.45, 7) is 9.10. The molecule has 100 valence electrons. The Morgan fingerprint density at radius 2 is 2.00 bits per heavy atom. The van der Waals surface area contributed by atoms with Crippen LogP contribution < -0.4 is 10.6 Å². The SMILES string of the molecule is CC1(C)CNC(=O)CN1CC1CCNCC1.Cl. The van der Waals surface area contributed by atoms with Crippen LogP contribution in [0.5, 0.6) is 0 Å². The third kappa shape index (κ3) is 3.83. The van der Waals surface area contributed by atoms with Crippen LogP contribution in [0, 0.1) is 5.92 Å². The fourth-order valence-corrected chi connectivity index (χ4v) is 2.56. The minimum absolute atomic E-state index is 0. The van der Waals surface area contributed by atoms with Gasteiger partial charge in [-0.3, -0.25) is 9.69 Å². The van der Waals surface area contributed by atoms with E-state index in [1.54, 1.807) is 0 Å². The second-order valence-corrected chi connectivity index (χ2v) is 5.66. The second kappa shape index (κ2) is 6.03. The van der Waals surface area contributed by atoms with Crippen LogP contribution in [0.25, 0.3) is 0 Å². The smallest absolute Gasteiger partial charge is 0.234 e. The third-order valence-corrected chi connectivity index (χ3v) is 3.85. The van der Waals surface area contributed by atoms with Crippen molar-refractivity contribution in [2.75, 3.05) is 32.7 Å². The summed E-state index contributed by atoms with van der Waals surface area (Å²) >= 11 is 0. The molecule has 0 bridgehead atoms. The zero-order chi connectivity index (χ0) is 11.6. The highest BCUT2D eigenvalue weighted by atomic mass is 35.5. The Kier molecular flexibility index (Phi) is 5.22. The fraction of sp³-hybridized carbons (Fsp3) is 0.917. The molecule has 0 saturated carbocycles. The van der Waals surface area contributed by atoms with Crippen molar-refractivity contribution in [3.8, 4) is 0 Å². The van der Waals surface area contributed by atoms with Crippen LogP contribution in [-0.2, 0) is 4.79 Å². The molecule has 0 aromatic carbocycles. The summed E-state index contributed by atoms with van der Waals surface area (Å²) in [5, 5.41) is 6.33. The van der Waals surface area contributed by atoms with Crippen molar-refractivity contribution < 1.29 is 4.79 Å². The number of carbonyl (C=O) groups is 1. The number of hydrogen-bond donors (Lipinski definition) is 2. The molecule has 0 spiro atoms. The molecule has 2 rings (SSSR count). The van der Waals surface area contributed by atoms with E-state index in [2.05, 4.69) is 29.4 Å². The maximum Gasteiger partial charge on any atom is 0.234 e. The molecule has 2 saturated heterocycles. The van der Waals surface area contributed by atoms with Crippen molar-refractivity contribution in [3.63, 3.8) is 0 Å². The zero-order valence-electron chi connectivity index (χ0n) is 10.8. The lowest BCUT2D eigenvalue weighted by Gasteiger charge is -2.44. The van der Waals surface area contributed by atoms with Crippen molar-refractivity contribution in [1.82, 2.24) is 15.5 Å². The average molecular weight is 262 g/mol. The fourth-order valence-electron chi connectivity index (χ4n) is 2.56. The Labute approximate surface area is 110 Å².